The predicted octanol–water partition coefficient (Wildman–Crippen LogP) is 4.01. The first kappa shape index (κ1) is 16.0. The molecule has 1 aliphatic heterocycles. The fraction of sp³-hybridized carbons (Fsp3) is 0.235. The predicted molar refractivity (Wildman–Crippen MR) is 93.5 cm³/mol. The van der Waals surface area contributed by atoms with Gasteiger partial charge >= 0.3 is 6.03 Å². The average Bonchev–Trinajstić information content (AvgIpc) is 2.86. The minimum Gasteiger partial charge on any atom is -0.399 e. The van der Waals surface area contributed by atoms with Crippen molar-refractivity contribution in [3.8, 4) is 0 Å². The Hall–Kier alpha value is -1.91. The van der Waals surface area contributed by atoms with E-state index in [2.05, 4.69) is 0 Å². The third kappa shape index (κ3) is 3.54. The molecule has 0 bridgehead atoms. The Balaban J connectivity index is 1.68. The average molecular weight is 350 g/mol. The smallest absolute Gasteiger partial charge is 0.320 e. The number of benzene rings is 2. The fourth-order valence-corrected chi connectivity index (χ4v) is 3.16. The fourth-order valence-electron chi connectivity index (χ4n) is 2.64. The van der Waals surface area contributed by atoms with E-state index in [9.17, 15) is 4.79 Å². The van der Waals surface area contributed by atoms with Gasteiger partial charge in [0.25, 0.3) is 0 Å². The zero-order valence-electron chi connectivity index (χ0n) is 12.5. The van der Waals surface area contributed by atoms with E-state index in [1.54, 1.807) is 23.1 Å². The number of rotatable bonds is 4. The summed E-state index contributed by atoms with van der Waals surface area (Å²) in [6.07, 6.45) is 0. The summed E-state index contributed by atoms with van der Waals surface area (Å²) in [6.45, 7) is 2.35. The second-order valence-electron chi connectivity index (χ2n) is 5.57. The van der Waals surface area contributed by atoms with Crippen LogP contribution < -0.4 is 5.73 Å². The third-order valence-electron chi connectivity index (χ3n) is 3.94. The molecule has 6 heteroatoms. The standard InChI is InChI=1S/C17H17Cl2N3O/c18-15-2-1-3-16(19)14(15)11-22-9-8-21(17(22)23)10-12-4-6-13(20)7-5-12/h1-7H,8-11,20H2. The summed E-state index contributed by atoms with van der Waals surface area (Å²) in [6, 6.07) is 12.9. The summed E-state index contributed by atoms with van der Waals surface area (Å²) in [7, 11) is 0. The molecule has 0 aromatic heterocycles. The van der Waals surface area contributed by atoms with Gasteiger partial charge in [0.2, 0.25) is 0 Å². The lowest BCUT2D eigenvalue weighted by molar-refractivity contribution is 0.189. The number of hydrogen-bond donors (Lipinski definition) is 1. The lowest BCUT2D eigenvalue weighted by atomic mass is 10.2. The van der Waals surface area contributed by atoms with E-state index in [1.165, 1.54) is 0 Å². The zero-order chi connectivity index (χ0) is 16.4. The minimum atomic E-state index is -0.00203. The number of amides is 2. The van der Waals surface area contributed by atoms with E-state index in [1.807, 2.05) is 29.2 Å². The van der Waals surface area contributed by atoms with Crippen LogP contribution in [0.3, 0.4) is 0 Å². The van der Waals surface area contributed by atoms with Crippen LogP contribution >= 0.6 is 23.2 Å². The number of halogens is 2. The molecule has 2 amide bonds. The van der Waals surface area contributed by atoms with Crippen LogP contribution in [0.5, 0.6) is 0 Å². The van der Waals surface area contributed by atoms with Gasteiger partial charge < -0.3 is 15.5 Å². The number of nitrogen functional groups attached to an aromatic ring is 1. The number of carbonyl (C=O) groups excluding carboxylic acids is 1. The van der Waals surface area contributed by atoms with Gasteiger partial charge in [0.15, 0.2) is 0 Å². The highest BCUT2D eigenvalue weighted by molar-refractivity contribution is 6.36. The van der Waals surface area contributed by atoms with E-state index in [0.29, 0.717) is 36.2 Å². The molecular weight excluding hydrogens is 333 g/mol. The second kappa shape index (κ2) is 6.69. The molecule has 0 spiro atoms. The molecule has 1 aliphatic rings. The van der Waals surface area contributed by atoms with Crippen molar-refractivity contribution in [2.45, 2.75) is 13.1 Å². The number of nitrogens with zero attached hydrogens (tertiary/aromatic N) is 2. The molecule has 120 valence electrons. The van der Waals surface area contributed by atoms with Gasteiger partial charge in [0.1, 0.15) is 0 Å². The first-order chi connectivity index (χ1) is 11.0. The molecule has 0 radical (unpaired) electrons. The van der Waals surface area contributed by atoms with Gasteiger partial charge in [0, 0.05) is 40.9 Å². The molecule has 3 rings (SSSR count). The molecule has 1 fully saturated rings. The van der Waals surface area contributed by atoms with Crippen LogP contribution in [-0.2, 0) is 13.1 Å². The van der Waals surface area contributed by atoms with Gasteiger partial charge in [-0.1, -0.05) is 41.4 Å². The Morgan fingerprint density at radius 2 is 1.48 bits per heavy atom. The highest BCUT2D eigenvalue weighted by Crippen LogP contribution is 2.27. The SMILES string of the molecule is Nc1ccc(CN2CCN(Cc3c(Cl)cccc3Cl)C2=O)cc1. The molecule has 23 heavy (non-hydrogen) atoms. The van der Waals surface area contributed by atoms with Crippen LogP contribution in [-0.4, -0.2) is 28.9 Å². The van der Waals surface area contributed by atoms with Gasteiger partial charge in [-0.05, 0) is 29.8 Å². The lowest BCUT2D eigenvalue weighted by Gasteiger charge is -2.20. The normalized spacial score (nSPS) is 14.6. The Morgan fingerprint density at radius 3 is 2.09 bits per heavy atom. The molecule has 1 heterocycles. The van der Waals surface area contributed by atoms with Crippen molar-refractivity contribution in [2.24, 2.45) is 0 Å². The van der Waals surface area contributed by atoms with Crippen molar-refractivity contribution in [2.75, 3.05) is 18.8 Å². The maximum atomic E-state index is 12.5. The van der Waals surface area contributed by atoms with Gasteiger partial charge in [-0.25, -0.2) is 4.79 Å². The molecule has 2 N–H and O–H groups in total. The van der Waals surface area contributed by atoms with Crippen molar-refractivity contribution in [1.82, 2.24) is 9.80 Å². The van der Waals surface area contributed by atoms with E-state index in [4.69, 9.17) is 28.9 Å². The van der Waals surface area contributed by atoms with Gasteiger partial charge in [0.05, 0.1) is 6.54 Å². The monoisotopic (exact) mass is 349 g/mol. The molecule has 0 unspecified atom stereocenters. The Kier molecular flexibility index (Phi) is 4.64. The summed E-state index contributed by atoms with van der Waals surface area (Å²) in [5, 5.41) is 1.17. The van der Waals surface area contributed by atoms with Crippen molar-refractivity contribution in [3.63, 3.8) is 0 Å². The topological polar surface area (TPSA) is 49.6 Å². The van der Waals surface area contributed by atoms with E-state index < -0.39 is 0 Å². The number of urea groups is 1. The summed E-state index contributed by atoms with van der Waals surface area (Å²) in [5.41, 5.74) is 8.25. The van der Waals surface area contributed by atoms with Crippen LogP contribution in [0.4, 0.5) is 10.5 Å². The third-order valence-corrected chi connectivity index (χ3v) is 4.65. The molecule has 1 saturated heterocycles. The highest BCUT2D eigenvalue weighted by Gasteiger charge is 2.29. The highest BCUT2D eigenvalue weighted by atomic mass is 35.5. The van der Waals surface area contributed by atoms with Crippen LogP contribution in [0, 0.1) is 0 Å². The Labute approximate surface area is 145 Å². The largest absolute Gasteiger partial charge is 0.399 e. The number of carbonyl (C=O) groups is 1. The van der Waals surface area contributed by atoms with Gasteiger partial charge in [-0.3, -0.25) is 0 Å². The van der Waals surface area contributed by atoms with Crippen LogP contribution in [0.25, 0.3) is 0 Å². The summed E-state index contributed by atoms with van der Waals surface area (Å²) >= 11 is 12.4. The Bertz CT molecular complexity index is 698. The minimum absolute atomic E-state index is 0.00203. The molecule has 2 aromatic carbocycles. The molecule has 0 atom stereocenters. The molecule has 4 nitrogen and oxygen atoms in total. The summed E-state index contributed by atoms with van der Waals surface area (Å²) in [5.74, 6) is 0. The quantitative estimate of drug-likeness (QED) is 0.847. The molecule has 0 aliphatic carbocycles. The van der Waals surface area contributed by atoms with E-state index >= 15 is 0 Å². The summed E-state index contributed by atoms with van der Waals surface area (Å²) in [4.78, 5) is 16.1. The zero-order valence-corrected chi connectivity index (χ0v) is 14.0. The van der Waals surface area contributed by atoms with Crippen LogP contribution in [0.1, 0.15) is 11.1 Å². The van der Waals surface area contributed by atoms with Crippen molar-refractivity contribution < 1.29 is 4.79 Å². The number of anilines is 1. The van der Waals surface area contributed by atoms with Crippen molar-refractivity contribution in [3.05, 3.63) is 63.6 Å². The first-order valence-corrected chi connectivity index (χ1v) is 8.11. The molecule has 2 aromatic rings. The van der Waals surface area contributed by atoms with Crippen LogP contribution in [0.2, 0.25) is 10.0 Å². The van der Waals surface area contributed by atoms with Crippen molar-refractivity contribution >= 4 is 34.9 Å². The lowest BCUT2D eigenvalue weighted by Crippen LogP contribution is -2.31. The molecular formula is C17H17Cl2N3O. The van der Waals surface area contributed by atoms with Gasteiger partial charge in [-0.2, -0.15) is 0 Å². The number of hydrogen-bond acceptors (Lipinski definition) is 2. The van der Waals surface area contributed by atoms with E-state index in [-0.39, 0.29) is 6.03 Å². The summed E-state index contributed by atoms with van der Waals surface area (Å²) < 4.78 is 0. The second-order valence-corrected chi connectivity index (χ2v) is 6.38. The number of nitrogens with two attached hydrogens (primary N) is 1. The van der Waals surface area contributed by atoms with E-state index in [0.717, 1.165) is 16.8 Å². The van der Waals surface area contributed by atoms with Crippen LogP contribution in [0.15, 0.2) is 42.5 Å². The van der Waals surface area contributed by atoms with Crippen molar-refractivity contribution in [1.29, 1.82) is 0 Å². The maximum Gasteiger partial charge on any atom is 0.320 e. The van der Waals surface area contributed by atoms with Gasteiger partial charge in [-0.15, -0.1) is 0 Å². The maximum absolute atomic E-state index is 12.5. The molecule has 0 saturated carbocycles. The Morgan fingerprint density at radius 1 is 0.913 bits per heavy atom. The first-order valence-electron chi connectivity index (χ1n) is 7.36.